The largest absolute Gasteiger partial charge is 0.484 e. The van der Waals surface area contributed by atoms with E-state index >= 15 is 0 Å². The maximum absolute atomic E-state index is 6.06. The van der Waals surface area contributed by atoms with Crippen LogP contribution in [-0.4, -0.2) is 15.8 Å². The number of hydrogen-bond acceptors (Lipinski definition) is 3. The van der Waals surface area contributed by atoms with Gasteiger partial charge in [-0.2, -0.15) is 5.10 Å². The zero-order valence-electron chi connectivity index (χ0n) is 13.5. The molecule has 0 bridgehead atoms. The van der Waals surface area contributed by atoms with Crippen molar-refractivity contribution in [1.29, 1.82) is 0 Å². The van der Waals surface area contributed by atoms with Crippen LogP contribution in [0.2, 0.25) is 0 Å². The molecule has 1 aromatic carbocycles. The van der Waals surface area contributed by atoms with Crippen LogP contribution >= 0.6 is 0 Å². The van der Waals surface area contributed by atoms with Gasteiger partial charge in [0.15, 0.2) is 0 Å². The standard InChI is InChI=1S/C17H25N3O/c1-12(18)16(13-10-19-20(5)11-13)21-15-8-6-14(7-9-15)17(2,3)4/h6-12,16H,18H2,1-5H3. The van der Waals surface area contributed by atoms with E-state index in [9.17, 15) is 0 Å². The maximum atomic E-state index is 6.06. The number of hydrogen-bond donors (Lipinski definition) is 1. The first-order chi connectivity index (χ1) is 9.77. The molecular weight excluding hydrogens is 262 g/mol. The minimum absolute atomic E-state index is 0.114. The van der Waals surface area contributed by atoms with E-state index in [0.29, 0.717) is 0 Å². The van der Waals surface area contributed by atoms with E-state index < -0.39 is 0 Å². The van der Waals surface area contributed by atoms with Crippen LogP contribution in [0.1, 0.15) is 44.9 Å². The smallest absolute Gasteiger partial charge is 0.141 e. The predicted molar refractivity (Wildman–Crippen MR) is 85.4 cm³/mol. The summed E-state index contributed by atoms with van der Waals surface area (Å²) in [6.07, 6.45) is 3.55. The molecule has 2 N–H and O–H groups in total. The summed E-state index contributed by atoms with van der Waals surface area (Å²) >= 11 is 0. The molecule has 0 aliphatic carbocycles. The molecule has 0 aliphatic rings. The third-order valence-electron chi connectivity index (χ3n) is 3.51. The number of ether oxygens (including phenoxy) is 1. The second kappa shape index (κ2) is 5.90. The average Bonchev–Trinajstić information content (AvgIpc) is 2.81. The Balaban J connectivity index is 2.18. The third kappa shape index (κ3) is 3.85. The van der Waals surface area contributed by atoms with E-state index in [1.165, 1.54) is 5.56 Å². The molecule has 0 aliphatic heterocycles. The van der Waals surface area contributed by atoms with Crippen molar-refractivity contribution >= 4 is 0 Å². The summed E-state index contributed by atoms with van der Waals surface area (Å²) in [5.74, 6) is 0.828. The molecular formula is C17H25N3O. The molecule has 2 unspecified atom stereocenters. The molecule has 0 fully saturated rings. The minimum Gasteiger partial charge on any atom is -0.484 e. The average molecular weight is 287 g/mol. The predicted octanol–water partition coefficient (Wildman–Crippen LogP) is 3.18. The van der Waals surface area contributed by atoms with Gasteiger partial charge in [-0.25, -0.2) is 0 Å². The summed E-state index contributed by atoms with van der Waals surface area (Å²) in [5.41, 5.74) is 8.48. The molecule has 0 amide bonds. The lowest BCUT2D eigenvalue weighted by Gasteiger charge is -2.23. The van der Waals surface area contributed by atoms with Gasteiger partial charge in [0.05, 0.1) is 6.20 Å². The minimum atomic E-state index is -0.195. The van der Waals surface area contributed by atoms with E-state index in [-0.39, 0.29) is 17.6 Å². The summed E-state index contributed by atoms with van der Waals surface area (Å²) in [6, 6.07) is 8.11. The number of nitrogens with zero attached hydrogens (tertiary/aromatic N) is 2. The first-order valence-corrected chi connectivity index (χ1v) is 7.28. The van der Waals surface area contributed by atoms with Gasteiger partial charge in [0, 0.05) is 24.8 Å². The zero-order chi connectivity index (χ0) is 15.6. The molecule has 0 saturated carbocycles. The van der Waals surface area contributed by atoms with Gasteiger partial charge in [-0.15, -0.1) is 0 Å². The van der Waals surface area contributed by atoms with Crippen molar-refractivity contribution in [2.24, 2.45) is 12.8 Å². The Morgan fingerprint density at radius 2 is 1.81 bits per heavy atom. The molecule has 0 spiro atoms. The number of nitrogens with two attached hydrogens (primary N) is 1. The molecule has 2 aromatic rings. The number of aromatic nitrogens is 2. The van der Waals surface area contributed by atoms with Gasteiger partial charge in [0.1, 0.15) is 11.9 Å². The summed E-state index contributed by atoms with van der Waals surface area (Å²) < 4.78 is 7.83. The molecule has 114 valence electrons. The molecule has 0 saturated heterocycles. The Morgan fingerprint density at radius 1 is 1.19 bits per heavy atom. The molecule has 0 radical (unpaired) electrons. The van der Waals surface area contributed by atoms with Gasteiger partial charge in [-0.05, 0) is 30.0 Å². The highest BCUT2D eigenvalue weighted by Gasteiger charge is 2.20. The Morgan fingerprint density at radius 3 is 2.24 bits per heavy atom. The van der Waals surface area contributed by atoms with Crippen molar-refractivity contribution in [1.82, 2.24) is 9.78 Å². The molecule has 4 heteroatoms. The van der Waals surface area contributed by atoms with Crippen molar-refractivity contribution in [3.05, 3.63) is 47.8 Å². The fraction of sp³-hybridized carbons (Fsp3) is 0.471. The lowest BCUT2D eigenvalue weighted by atomic mass is 9.87. The lowest BCUT2D eigenvalue weighted by Crippen LogP contribution is -2.28. The second-order valence-corrected chi connectivity index (χ2v) is 6.62. The van der Waals surface area contributed by atoms with Crippen molar-refractivity contribution in [3.8, 4) is 5.75 Å². The zero-order valence-corrected chi connectivity index (χ0v) is 13.5. The van der Waals surface area contributed by atoms with E-state index in [4.69, 9.17) is 10.5 Å². The van der Waals surface area contributed by atoms with Crippen LogP contribution in [0.4, 0.5) is 0 Å². The first-order valence-electron chi connectivity index (χ1n) is 7.28. The maximum Gasteiger partial charge on any atom is 0.141 e. The fourth-order valence-electron chi connectivity index (χ4n) is 2.25. The summed E-state index contributed by atoms with van der Waals surface area (Å²) in [5, 5.41) is 4.19. The molecule has 21 heavy (non-hydrogen) atoms. The Hall–Kier alpha value is -1.81. The SMILES string of the molecule is CC(N)C(Oc1ccc(C(C)(C)C)cc1)c1cnn(C)c1. The normalized spacial score (nSPS) is 14.8. The molecule has 1 aromatic heterocycles. The highest BCUT2D eigenvalue weighted by atomic mass is 16.5. The Bertz CT molecular complexity index is 579. The van der Waals surface area contributed by atoms with Gasteiger partial charge >= 0.3 is 0 Å². The number of rotatable bonds is 4. The van der Waals surface area contributed by atoms with Crippen LogP contribution in [0.25, 0.3) is 0 Å². The quantitative estimate of drug-likeness (QED) is 0.939. The van der Waals surface area contributed by atoms with Gasteiger partial charge < -0.3 is 10.5 Å². The monoisotopic (exact) mass is 287 g/mol. The van der Waals surface area contributed by atoms with E-state index in [0.717, 1.165) is 11.3 Å². The van der Waals surface area contributed by atoms with Gasteiger partial charge in [-0.3, -0.25) is 4.68 Å². The van der Waals surface area contributed by atoms with Crippen molar-refractivity contribution < 1.29 is 4.74 Å². The fourth-order valence-corrected chi connectivity index (χ4v) is 2.25. The summed E-state index contributed by atoms with van der Waals surface area (Å²) in [7, 11) is 1.89. The molecule has 2 rings (SSSR count). The van der Waals surface area contributed by atoms with Crippen LogP contribution in [0.15, 0.2) is 36.7 Å². The Kier molecular flexibility index (Phi) is 4.37. The highest BCUT2D eigenvalue weighted by Crippen LogP contribution is 2.27. The van der Waals surface area contributed by atoms with Crippen LogP contribution < -0.4 is 10.5 Å². The Labute approximate surface area is 126 Å². The van der Waals surface area contributed by atoms with E-state index in [2.05, 4.69) is 38.0 Å². The first kappa shape index (κ1) is 15.6. The molecule has 4 nitrogen and oxygen atoms in total. The van der Waals surface area contributed by atoms with Gasteiger partial charge in [0.2, 0.25) is 0 Å². The molecule has 2 atom stereocenters. The van der Waals surface area contributed by atoms with Crippen LogP contribution in [0.3, 0.4) is 0 Å². The second-order valence-electron chi connectivity index (χ2n) is 6.62. The summed E-state index contributed by atoms with van der Waals surface area (Å²) in [6.45, 7) is 8.54. The van der Waals surface area contributed by atoms with Gasteiger partial charge in [-0.1, -0.05) is 32.9 Å². The highest BCUT2D eigenvalue weighted by molar-refractivity contribution is 5.31. The van der Waals surface area contributed by atoms with Crippen LogP contribution in [0.5, 0.6) is 5.75 Å². The topological polar surface area (TPSA) is 53.1 Å². The third-order valence-corrected chi connectivity index (χ3v) is 3.51. The summed E-state index contributed by atoms with van der Waals surface area (Å²) in [4.78, 5) is 0. The molecule has 1 heterocycles. The van der Waals surface area contributed by atoms with Crippen molar-refractivity contribution in [2.75, 3.05) is 0 Å². The van der Waals surface area contributed by atoms with Crippen molar-refractivity contribution in [2.45, 2.75) is 45.3 Å². The van der Waals surface area contributed by atoms with E-state index in [1.807, 2.05) is 32.3 Å². The van der Waals surface area contributed by atoms with Crippen molar-refractivity contribution in [3.63, 3.8) is 0 Å². The van der Waals surface area contributed by atoms with Gasteiger partial charge in [0.25, 0.3) is 0 Å². The van der Waals surface area contributed by atoms with Crippen LogP contribution in [0, 0.1) is 0 Å². The van der Waals surface area contributed by atoms with E-state index in [1.54, 1.807) is 10.9 Å². The lowest BCUT2D eigenvalue weighted by molar-refractivity contribution is 0.180. The number of aryl methyl sites for hydroxylation is 1. The number of benzene rings is 1. The van der Waals surface area contributed by atoms with Crippen LogP contribution in [-0.2, 0) is 12.5 Å².